The SMILES string of the molecule is CC(C)n1c(=O)ccc2cc(Nc3nc(N4CCC(OC5CC6(CCN(c7cccc8c7C(=O)N(C7CCC(=O)NC7=O)C8=O)CC6)C5)CC4)ncc3Cl)ccc21. The van der Waals surface area contributed by atoms with Crippen LogP contribution in [-0.4, -0.2) is 87.5 Å². The zero-order valence-corrected chi connectivity index (χ0v) is 32.8. The molecule has 57 heavy (non-hydrogen) atoms. The van der Waals surface area contributed by atoms with Crippen LogP contribution >= 0.6 is 11.6 Å². The van der Waals surface area contributed by atoms with Crippen LogP contribution in [-0.2, 0) is 14.3 Å². The van der Waals surface area contributed by atoms with Gasteiger partial charge in [0, 0.05) is 55.8 Å². The highest BCUT2D eigenvalue weighted by molar-refractivity contribution is 6.33. The van der Waals surface area contributed by atoms with Crippen LogP contribution in [0.1, 0.15) is 92.0 Å². The maximum atomic E-state index is 13.7. The molecule has 2 aromatic carbocycles. The van der Waals surface area contributed by atoms with Crippen molar-refractivity contribution < 1.29 is 23.9 Å². The number of hydrogen-bond acceptors (Lipinski definition) is 11. The second kappa shape index (κ2) is 14.6. The number of halogens is 1. The Balaban J connectivity index is 0.769. The lowest BCUT2D eigenvalue weighted by atomic mass is 9.61. The number of fused-ring (bicyclic) bond motifs is 2. The van der Waals surface area contributed by atoms with Gasteiger partial charge in [0.2, 0.25) is 17.8 Å². The number of nitrogens with one attached hydrogen (secondary N) is 2. The number of imide groups is 2. The topological polar surface area (TPSA) is 159 Å². The zero-order valence-electron chi connectivity index (χ0n) is 32.0. The number of pyridine rings is 1. The van der Waals surface area contributed by atoms with E-state index < -0.39 is 29.7 Å². The van der Waals surface area contributed by atoms with Gasteiger partial charge in [0.1, 0.15) is 11.1 Å². The lowest BCUT2D eigenvalue weighted by Crippen LogP contribution is -2.54. The molecule has 1 spiro atoms. The van der Waals surface area contributed by atoms with Gasteiger partial charge in [-0.2, -0.15) is 4.98 Å². The maximum Gasteiger partial charge on any atom is 0.264 e. The second-order valence-electron chi connectivity index (χ2n) is 16.4. The van der Waals surface area contributed by atoms with Crippen molar-refractivity contribution in [2.75, 3.05) is 41.3 Å². The molecule has 1 atom stereocenters. The van der Waals surface area contributed by atoms with Crippen LogP contribution in [0.15, 0.2) is 59.5 Å². The summed E-state index contributed by atoms with van der Waals surface area (Å²) in [5.74, 6) is -0.808. The van der Waals surface area contributed by atoms with Gasteiger partial charge >= 0.3 is 0 Å². The van der Waals surface area contributed by atoms with Gasteiger partial charge in [-0.3, -0.25) is 34.2 Å². The Morgan fingerprint density at radius 1 is 0.895 bits per heavy atom. The first-order valence-electron chi connectivity index (χ1n) is 19.9. The second-order valence-corrected chi connectivity index (χ2v) is 16.8. The zero-order chi connectivity index (χ0) is 39.6. The lowest BCUT2D eigenvalue weighted by molar-refractivity contribution is -0.136. The summed E-state index contributed by atoms with van der Waals surface area (Å²) in [6, 6.07) is 13.7. The molecule has 4 amide bonds. The fourth-order valence-corrected chi connectivity index (χ4v) is 9.61. The summed E-state index contributed by atoms with van der Waals surface area (Å²) < 4.78 is 8.41. The summed E-state index contributed by atoms with van der Waals surface area (Å²) >= 11 is 6.55. The number of piperidine rings is 3. The van der Waals surface area contributed by atoms with Gasteiger partial charge in [0.25, 0.3) is 17.4 Å². The van der Waals surface area contributed by atoms with Crippen molar-refractivity contribution in [3.05, 3.63) is 81.2 Å². The minimum atomic E-state index is -0.982. The fourth-order valence-electron chi connectivity index (χ4n) is 9.47. The van der Waals surface area contributed by atoms with Crippen molar-refractivity contribution in [1.29, 1.82) is 0 Å². The molecule has 296 valence electrons. The standard InChI is InChI=1S/C42H45ClN8O6/c1-24(2)50-31-8-7-26(20-25(31)6-11-35(50)53)45-37-30(43)23-44-41(47-37)49-16-12-27(13-17-49)57-28-21-42(22-28)14-18-48(19-15-42)32-5-3-4-29-36(32)40(56)51(39(29)55)33-9-10-34(52)46-38(33)54/h3-8,11,20,23-24,27-28,33H,9-10,12-19,21-22H2,1-2H3,(H,44,45,47)(H,46,52,54). The number of carbonyl (C=O) groups excluding carboxylic acids is 4. The lowest BCUT2D eigenvalue weighted by Gasteiger charge is -2.53. The molecule has 3 saturated heterocycles. The van der Waals surface area contributed by atoms with Crippen LogP contribution in [0.3, 0.4) is 0 Å². The highest BCUT2D eigenvalue weighted by Gasteiger charge is 2.49. The van der Waals surface area contributed by atoms with Crippen molar-refractivity contribution in [2.24, 2.45) is 5.41 Å². The van der Waals surface area contributed by atoms with Gasteiger partial charge in [-0.1, -0.05) is 17.7 Å². The van der Waals surface area contributed by atoms with Gasteiger partial charge in [0.15, 0.2) is 5.82 Å². The Morgan fingerprint density at radius 2 is 1.67 bits per heavy atom. The molecule has 2 aromatic heterocycles. The van der Waals surface area contributed by atoms with Crippen molar-refractivity contribution in [3.8, 4) is 0 Å². The van der Waals surface area contributed by atoms with Gasteiger partial charge < -0.3 is 24.4 Å². The number of carbonyl (C=O) groups is 4. The molecule has 5 aliphatic rings. The van der Waals surface area contributed by atoms with E-state index in [0.717, 1.165) is 91.9 Å². The number of ether oxygens (including phenoxy) is 1. The predicted octanol–water partition coefficient (Wildman–Crippen LogP) is 5.61. The molecule has 1 saturated carbocycles. The highest BCUT2D eigenvalue weighted by Crippen LogP contribution is 2.52. The number of anilines is 4. The van der Waals surface area contributed by atoms with Crippen molar-refractivity contribution in [1.82, 2.24) is 24.8 Å². The van der Waals surface area contributed by atoms with E-state index >= 15 is 0 Å². The van der Waals surface area contributed by atoms with Crippen molar-refractivity contribution in [2.45, 2.75) is 89.5 Å². The number of amides is 4. The van der Waals surface area contributed by atoms with E-state index in [9.17, 15) is 24.0 Å². The summed E-state index contributed by atoms with van der Waals surface area (Å²) in [4.78, 5) is 78.5. The predicted molar refractivity (Wildman–Crippen MR) is 215 cm³/mol. The summed E-state index contributed by atoms with van der Waals surface area (Å²) in [6.07, 6.45) is 7.93. The first-order chi connectivity index (χ1) is 27.5. The molecule has 9 rings (SSSR count). The monoisotopic (exact) mass is 792 g/mol. The summed E-state index contributed by atoms with van der Waals surface area (Å²) in [5.41, 5.74) is 3.26. The Labute approximate surface area is 334 Å². The molecule has 0 radical (unpaired) electrons. The molecule has 0 bridgehead atoms. The molecule has 2 N–H and O–H groups in total. The average Bonchev–Trinajstić information content (AvgIpc) is 3.44. The molecule has 14 nitrogen and oxygen atoms in total. The van der Waals surface area contributed by atoms with Gasteiger partial charge in [-0.15, -0.1) is 0 Å². The van der Waals surface area contributed by atoms with Crippen molar-refractivity contribution in [3.63, 3.8) is 0 Å². The van der Waals surface area contributed by atoms with E-state index in [2.05, 4.69) is 25.4 Å². The Hall–Kier alpha value is -5.34. The number of hydrogen-bond donors (Lipinski definition) is 2. The van der Waals surface area contributed by atoms with E-state index in [0.29, 0.717) is 27.9 Å². The van der Waals surface area contributed by atoms with Crippen LogP contribution in [0.2, 0.25) is 5.02 Å². The van der Waals surface area contributed by atoms with E-state index in [4.69, 9.17) is 21.3 Å². The van der Waals surface area contributed by atoms with Gasteiger partial charge in [0.05, 0.1) is 40.7 Å². The van der Waals surface area contributed by atoms with Crippen LogP contribution in [0, 0.1) is 5.41 Å². The first kappa shape index (κ1) is 37.2. The van der Waals surface area contributed by atoms with Gasteiger partial charge in [-0.25, -0.2) is 4.98 Å². The third-order valence-corrected chi connectivity index (χ3v) is 12.8. The Morgan fingerprint density at radius 3 is 2.40 bits per heavy atom. The van der Waals surface area contributed by atoms with E-state index in [1.54, 1.807) is 29.0 Å². The third-order valence-electron chi connectivity index (χ3n) is 12.5. The van der Waals surface area contributed by atoms with Crippen LogP contribution in [0.4, 0.5) is 23.1 Å². The molecule has 15 heteroatoms. The summed E-state index contributed by atoms with van der Waals surface area (Å²) in [6.45, 7) is 7.06. The Kier molecular flexibility index (Phi) is 9.51. The normalized spacial score (nSPS) is 21.4. The number of aromatic nitrogens is 3. The molecular weight excluding hydrogens is 748 g/mol. The molecule has 1 unspecified atom stereocenters. The average molecular weight is 793 g/mol. The van der Waals surface area contributed by atoms with Crippen LogP contribution < -0.4 is 26.0 Å². The highest BCUT2D eigenvalue weighted by atomic mass is 35.5. The smallest absolute Gasteiger partial charge is 0.264 e. The molecular formula is C42H45ClN8O6. The van der Waals surface area contributed by atoms with Crippen molar-refractivity contribution >= 4 is 69.3 Å². The minimum Gasteiger partial charge on any atom is -0.375 e. The number of benzene rings is 2. The van der Waals surface area contributed by atoms with Crippen LogP contribution in [0.25, 0.3) is 10.9 Å². The largest absolute Gasteiger partial charge is 0.375 e. The van der Waals surface area contributed by atoms with E-state index in [1.807, 2.05) is 44.2 Å². The van der Waals surface area contributed by atoms with Gasteiger partial charge in [-0.05, 0) is 101 Å². The minimum absolute atomic E-state index is 0.0265. The van der Waals surface area contributed by atoms with E-state index in [1.165, 1.54) is 0 Å². The van der Waals surface area contributed by atoms with E-state index in [-0.39, 0.29) is 42.1 Å². The summed E-state index contributed by atoms with van der Waals surface area (Å²) in [5, 5.41) is 6.98. The third kappa shape index (κ3) is 6.82. The molecule has 4 aromatic rings. The molecule has 4 aliphatic heterocycles. The quantitative estimate of drug-likeness (QED) is 0.214. The fraction of sp³-hybridized carbons (Fsp3) is 0.452. The first-order valence-corrected chi connectivity index (χ1v) is 20.3. The Bertz CT molecular complexity index is 2360. The molecule has 1 aliphatic carbocycles. The maximum absolute atomic E-state index is 13.7. The molecule has 4 fully saturated rings. The molecule has 6 heterocycles. The number of rotatable bonds is 8. The number of nitrogens with zero attached hydrogens (tertiary/aromatic N) is 6. The summed E-state index contributed by atoms with van der Waals surface area (Å²) in [7, 11) is 0. The van der Waals surface area contributed by atoms with Crippen LogP contribution in [0.5, 0.6) is 0 Å².